The molecule has 0 bridgehead atoms. The minimum absolute atomic E-state index is 0.0224. The highest BCUT2D eigenvalue weighted by molar-refractivity contribution is 6.30. The molecule has 0 saturated carbocycles. The van der Waals surface area contributed by atoms with Crippen molar-refractivity contribution in [1.82, 2.24) is 15.5 Å². The van der Waals surface area contributed by atoms with Gasteiger partial charge in [-0.2, -0.15) is 0 Å². The van der Waals surface area contributed by atoms with E-state index >= 15 is 0 Å². The largest absolute Gasteiger partial charge is 0.336 e. The van der Waals surface area contributed by atoms with Gasteiger partial charge in [0.15, 0.2) is 0 Å². The third-order valence-corrected chi connectivity index (χ3v) is 4.07. The van der Waals surface area contributed by atoms with E-state index in [0.717, 1.165) is 24.9 Å². The van der Waals surface area contributed by atoms with Crippen LogP contribution in [0.1, 0.15) is 24.4 Å². The number of hydrogen-bond donors (Lipinski definition) is 2. The summed E-state index contributed by atoms with van der Waals surface area (Å²) >= 11 is 6.03. The Balaban J connectivity index is 1.78. The number of amides is 3. The standard InChI is InChI=1S/C14H16ClN3O2/c15-10-4-1-3-9(7-10)12-5-2-6-18(12)13(19)11-8-16-14(20)17-11/h1,3-4,7,11-12H,2,5-6,8H2,(H2,16,17,20)/t11-,12-/m0/s1. The number of urea groups is 1. The Kier molecular flexibility index (Phi) is 3.53. The first-order chi connectivity index (χ1) is 9.65. The molecule has 20 heavy (non-hydrogen) atoms. The first-order valence-electron chi connectivity index (χ1n) is 6.75. The van der Waals surface area contributed by atoms with E-state index in [2.05, 4.69) is 10.6 Å². The van der Waals surface area contributed by atoms with Gasteiger partial charge in [-0.05, 0) is 30.5 Å². The topological polar surface area (TPSA) is 61.4 Å². The lowest BCUT2D eigenvalue weighted by Gasteiger charge is -2.27. The SMILES string of the molecule is O=C1NC[C@@H](C(=O)N2CCC[C@H]2c2cccc(Cl)c2)N1. The zero-order valence-corrected chi connectivity index (χ0v) is 11.7. The van der Waals surface area contributed by atoms with Gasteiger partial charge in [-0.1, -0.05) is 23.7 Å². The molecular formula is C14H16ClN3O2. The van der Waals surface area contributed by atoms with Crippen molar-refractivity contribution in [2.24, 2.45) is 0 Å². The summed E-state index contributed by atoms with van der Waals surface area (Å²) in [4.78, 5) is 25.5. The van der Waals surface area contributed by atoms with E-state index in [1.165, 1.54) is 0 Å². The zero-order valence-electron chi connectivity index (χ0n) is 10.9. The van der Waals surface area contributed by atoms with Crippen molar-refractivity contribution in [3.8, 4) is 0 Å². The van der Waals surface area contributed by atoms with Gasteiger partial charge in [0, 0.05) is 18.1 Å². The fourth-order valence-corrected chi connectivity index (χ4v) is 3.09. The summed E-state index contributed by atoms with van der Waals surface area (Å²) < 4.78 is 0. The molecule has 0 radical (unpaired) electrons. The molecule has 0 aliphatic carbocycles. The summed E-state index contributed by atoms with van der Waals surface area (Å²) in [6.45, 7) is 1.08. The average Bonchev–Trinajstić information content (AvgIpc) is 3.06. The molecule has 0 unspecified atom stereocenters. The first kappa shape index (κ1) is 13.2. The summed E-state index contributed by atoms with van der Waals surface area (Å²) in [7, 11) is 0. The van der Waals surface area contributed by atoms with Gasteiger partial charge in [0.1, 0.15) is 6.04 Å². The number of halogens is 1. The minimum atomic E-state index is -0.456. The van der Waals surface area contributed by atoms with Gasteiger partial charge in [-0.25, -0.2) is 4.79 Å². The fourth-order valence-electron chi connectivity index (χ4n) is 2.90. The van der Waals surface area contributed by atoms with E-state index in [4.69, 9.17) is 11.6 Å². The summed E-state index contributed by atoms with van der Waals surface area (Å²) in [6.07, 6.45) is 1.90. The van der Waals surface area contributed by atoms with Gasteiger partial charge in [0.25, 0.3) is 0 Å². The Hall–Kier alpha value is -1.75. The third kappa shape index (κ3) is 2.45. The van der Waals surface area contributed by atoms with Crippen molar-refractivity contribution in [3.05, 3.63) is 34.9 Å². The number of rotatable bonds is 2. The highest BCUT2D eigenvalue weighted by Crippen LogP contribution is 2.33. The van der Waals surface area contributed by atoms with E-state index in [9.17, 15) is 9.59 Å². The average molecular weight is 294 g/mol. The number of nitrogens with zero attached hydrogens (tertiary/aromatic N) is 1. The fraction of sp³-hybridized carbons (Fsp3) is 0.429. The molecule has 2 saturated heterocycles. The quantitative estimate of drug-likeness (QED) is 0.871. The number of hydrogen-bond acceptors (Lipinski definition) is 2. The van der Waals surface area contributed by atoms with Crippen molar-refractivity contribution in [2.75, 3.05) is 13.1 Å². The lowest BCUT2D eigenvalue weighted by molar-refractivity contribution is -0.133. The Bertz CT molecular complexity index is 549. The maximum absolute atomic E-state index is 12.5. The van der Waals surface area contributed by atoms with Crippen LogP contribution < -0.4 is 10.6 Å². The van der Waals surface area contributed by atoms with Crippen LogP contribution >= 0.6 is 11.6 Å². The van der Waals surface area contributed by atoms with E-state index in [1.54, 1.807) is 0 Å². The predicted octanol–water partition coefficient (Wildman–Crippen LogP) is 1.68. The molecule has 3 amide bonds. The third-order valence-electron chi connectivity index (χ3n) is 3.84. The summed E-state index contributed by atoms with van der Waals surface area (Å²) in [5.41, 5.74) is 1.06. The lowest BCUT2D eigenvalue weighted by Crippen LogP contribution is -2.45. The van der Waals surface area contributed by atoms with Crippen molar-refractivity contribution in [2.45, 2.75) is 24.9 Å². The number of nitrogens with one attached hydrogen (secondary N) is 2. The van der Waals surface area contributed by atoms with E-state index < -0.39 is 6.04 Å². The first-order valence-corrected chi connectivity index (χ1v) is 7.13. The van der Waals surface area contributed by atoms with Crippen LogP contribution in [0.15, 0.2) is 24.3 Å². The Labute approximate surface area is 122 Å². The van der Waals surface area contributed by atoms with Crippen LogP contribution in [0.5, 0.6) is 0 Å². The smallest absolute Gasteiger partial charge is 0.315 e. The molecule has 2 fully saturated rings. The molecule has 2 N–H and O–H groups in total. The van der Waals surface area contributed by atoms with Crippen LogP contribution in [0.2, 0.25) is 5.02 Å². The molecule has 1 aromatic carbocycles. The Morgan fingerprint density at radius 1 is 1.40 bits per heavy atom. The van der Waals surface area contributed by atoms with Crippen molar-refractivity contribution in [3.63, 3.8) is 0 Å². The highest BCUT2D eigenvalue weighted by Gasteiger charge is 2.36. The van der Waals surface area contributed by atoms with Crippen LogP contribution in [0.4, 0.5) is 4.79 Å². The monoisotopic (exact) mass is 293 g/mol. The summed E-state index contributed by atoms with van der Waals surface area (Å²) in [6, 6.07) is 6.95. The minimum Gasteiger partial charge on any atom is -0.336 e. The maximum atomic E-state index is 12.5. The Morgan fingerprint density at radius 3 is 2.95 bits per heavy atom. The van der Waals surface area contributed by atoms with Crippen LogP contribution in [-0.4, -0.2) is 36.0 Å². The molecule has 2 aliphatic rings. The second-order valence-corrected chi connectivity index (χ2v) is 5.59. The number of carbonyl (C=O) groups is 2. The second-order valence-electron chi connectivity index (χ2n) is 5.15. The molecule has 5 nitrogen and oxygen atoms in total. The highest BCUT2D eigenvalue weighted by atomic mass is 35.5. The van der Waals surface area contributed by atoms with Gasteiger partial charge >= 0.3 is 6.03 Å². The zero-order chi connectivity index (χ0) is 14.1. The van der Waals surface area contributed by atoms with Gasteiger partial charge in [0.2, 0.25) is 5.91 Å². The van der Waals surface area contributed by atoms with E-state index in [1.807, 2.05) is 29.2 Å². The Morgan fingerprint density at radius 2 is 2.25 bits per heavy atom. The van der Waals surface area contributed by atoms with Gasteiger partial charge in [0.05, 0.1) is 6.04 Å². The molecule has 3 rings (SSSR count). The van der Waals surface area contributed by atoms with Gasteiger partial charge in [-0.3, -0.25) is 4.79 Å². The van der Waals surface area contributed by atoms with Crippen LogP contribution in [0, 0.1) is 0 Å². The van der Waals surface area contributed by atoms with E-state index in [0.29, 0.717) is 11.6 Å². The lowest BCUT2D eigenvalue weighted by atomic mass is 10.0. The molecular weight excluding hydrogens is 278 g/mol. The molecule has 2 atom stereocenters. The molecule has 2 heterocycles. The van der Waals surface area contributed by atoms with Crippen LogP contribution in [-0.2, 0) is 4.79 Å². The predicted molar refractivity (Wildman–Crippen MR) is 75.5 cm³/mol. The molecule has 6 heteroatoms. The van der Waals surface area contributed by atoms with Gasteiger partial charge in [-0.15, -0.1) is 0 Å². The van der Waals surface area contributed by atoms with Crippen LogP contribution in [0.25, 0.3) is 0 Å². The molecule has 106 valence electrons. The summed E-state index contributed by atoms with van der Waals surface area (Å²) in [5.74, 6) is -0.0224. The van der Waals surface area contributed by atoms with Gasteiger partial charge < -0.3 is 15.5 Å². The number of carbonyl (C=O) groups excluding carboxylic acids is 2. The van der Waals surface area contributed by atoms with Crippen LogP contribution in [0.3, 0.4) is 0 Å². The summed E-state index contributed by atoms with van der Waals surface area (Å²) in [5, 5.41) is 5.94. The number of benzene rings is 1. The molecule has 2 aliphatic heterocycles. The number of likely N-dealkylation sites (tertiary alicyclic amines) is 1. The van der Waals surface area contributed by atoms with Crippen molar-refractivity contribution < 1.29 is 9.59 Å². The molecule has 0 aromatic heterocycles. The second kappa shape index (κ2) is 5.32. The van der Waals surface area contributed by atoms with E-state index in [-0.39, 0.29) is 18.0 Å². The molecule has 1 aromatic rings. The maximum Gasteiger partial charge on any atom is 0.315 e. The van der Waals surface area contributed by atoms with Crippen molar-refractivity contribution in [1.29, 1.82) is 0 Å². The normalized spacial score (nSPS) is 25.4. The van der Waals surface area contributed by atoms with Crippen molar-refractivity contribution >= 4 is 23.5 Å². The molecule has 0 spiro atoms.